The highest BCUT2D eigenvalue weighted by Gasteiger charge is 2.49. The summed E-state index contributed by atoms with van der Waals surface area (Å²) >= 11 is 0. The van der Waals surface area contributed by atoms with Crippen LogP contribution in [0.2, 0.25) is 0 Å². The van der Waals surface area contributed by atoms with E-state index in [0.29, 0.717) is 0 Å². The monoisotopic (exact) mass is 1490 g/mol. The van der Waals surface area contributed by atoms with Crippen LogP contribution in [-0.2, 0) is 21.7 Å². The van der Waals surface area contributed by atoms with Crippen molar-refractivity contribution in [3.63, 3.8) is 0 Å². The molecular weight excluding hydrogens is 1410 g/mol. The van der Waals surface area contributed by atoms with Gasteiger partial charge in [-0.05, 0) is 217 Å². The number of para-hydroxylation sites is 4. The van der Waals surface area contributed by atoms with Gasteiger partial charge in [0.15, 0.2) is 5.58 Å². The molecule has 19 aromatic rings. The third-order valence-electron chi connectivity index (χ3n) is 26.6. The molecule has 0 radical (unpaired) electrons. The minimum absolute atomic E-state index is 0.248. The zero-order chi connectivity index (χ0) is 77.9. The molecule has 552 valence electrons. The van der Waals surface area contributed by atoms with Gasteiger partial charge in [0.05, 0.1) is 27.9 Å². The Hall–Kier alpha value is -14.4. The zero-order valence-electron chi connectivity index (χ0n) is 65.6. The van der Waals surface area contributed by atoms with Gasteiger partial charge in [0, 0.05) is 49.8 Å². The minimum Gasteiger partial charge on any atom is -0.454 e. The summed E-state index contributed by atoms with van der Waals surface area (Å²) in [5.74, 6) is 0. The number of nitrogens with zero attached hydrogens (tertiary/aromatic N) is 2. The summed E-state index contributed by atoms with van der Waals surface area (Å²) in [6, 6.07) is 155. The van der Waals surface area contributed by atoms with E-state index in [1.807, 2.05) is 0 Å². The molecule has 1 heterocycles. The topological polar surface area (TPSA) is 19.6 Å². The molecule has 117 heavy (non-hydrogen) atoms. The van der Waals surface area contributed by atoms with Crippen LogP contribution in [-0.4, -0.2) is 0 Å². The summed E-state index contributed by atoms with van der Waals surface area (Å²) in [6.07, 6.45) is 0. The first-order valence-corrected chi connectivity index (χ1v) is 41.0. The summed E-state index contributed by atoms with van der Waals surface area (Å²) in [5.41, 5.74) is 38.5. The van der Waals surface area contributed by atoms with E-state index in [9.17, 15) is 0 Å². The molecule has 1 atom stereocenters. The molecular formula is C114H80N2O. The van der Waals surface area contributed by atoms with Crippen LogP contribution in [0.25, 0.3) is 111 Å². The van der Waals surface area contributed by atoms with E-state index < -0.39 is 10.8 Å². The number of hydrogen-bond acceptors (Lipinski definition) is 3. The number of rotatable bonds is 13. The van der Waals surface area contributed by atoms with E-state index in [0.717, 1.165) is 83.5 Å². The summed E-state index contributed by atoms with van der Waals surface area (Å²) in [5, 5.41) is 4.46. The van der Waals surface area contributed by atoms with Crippen molar-refractivity contribution in [3.8, 4) is 77.9 Å². The molecule has 0 bridgehead atoms. The standard InChI is InChI=1S/C114H80N2O/c1-111(2)98-52-21-14-42-86(98)93-47-29-49-95(108(93)111)90-44-18-25-56-104(90)115(82-64-66-88-84-40-16-23-54-100(84)113(102(88)71-82,77-33-8-5-9-34-77)78-35-10-6-11-36-78)81-63-62-75-68-74(60-61-76(75)70-81)73-32-28-39-80(69-73)114(79-37-12-7-13-38-79)101-55-24-17-41-85(101)89-67-65-83(72-103(89)114)116(106-58-31-51-97-92-46-20-27-59-107(92)117-110(97)106)105-57-26-19-45-91(105)96-50-30-48-94-87-43-15-22-53-99(87)112(3,4)109(94)96/h5-72H,1-4H3. The number of anilines is 6. The molecule has 4 aliphatic carbocycles. The highest BCUT2D eigenvalue weighted by Crippen LogP contribution is 2.63. The second-order valence-electron chi connectivity index (χ2n) is 33.2. The third kappa shape index (κ3) is 9.93. The van der Waals surface area contributed by atoms with Crippen molar-refractivity contribution < 1.29 is 4.42 Å². The molecule has 18 aromatic carbocycles. The predicted octanol–water partition coefficient (Wildman–Crippen LogP) is 30.0. The maximum absolute atomic E-state index is 7.12. The number of fused-ring (bicyclic) bond motifs is 16. The molecule has 0 N–H and O–H groups in total. The molecule has 1 aromatic heterocycles. The lowest BCUT2D eigenvalue weighted by molar-refractivity contribution is 0.662. The fraction of sp³-hybridized carbons (Fsp3) is 0.0702. The zero-order valence-corrected chi connectivity index (χ0v) is 65.6. The van der Waals surface area contributed by atoms with Crippen molar-refractivity contribution in [1.82, 2.24) is 0 Å². The van der Waals surface area contributed by atoms with E-state index in [1.54, 1.807) is 0 Å². The van der Waals surface area contributed by atoms with Gasteiger partial charge in [0.2, 0.25) is 0 Å². The molecule has 3 heteroatoms. The van der Waals surface area contributed by atoms with Crippen molar-refractivity contribution in [2.45, 2.75) is 49.4 Å². The van der Waals surface area contributed by atoms with Crippen molar-refractivity contribution in [1.29, 1.82) is 0 Å². The molecule has 4 aliphatic rings. The van der Waals surface area contributed by atoms with E-state index in [2.05, 4.69) is 450 Å². The molecule has 3 nitrogen and oxygen atoms in total. The Kier molecular flexibility index (Phi) is 15.2. The fourth-order valence-corrected chi connectivity index (χ4v) is 21.6. The van der Waals surface area contributed by atoms with E-state index in [4.69, 9.17) is 4.42 Å². The lowest BCUT2D eigenvalue weighted by atomic mass is 9.67. The fourth-order valence-electron chi connectivity index (χ4n) is 21.6. The van der Waals surface area contributed by atoms with Crippen molar-refractivity contribution in [3.05, 3.63) is 479 Å². The summed E-state index contributed by atoms with van der Waals surface area (Å²) in [7, 11) is 0. The summed E-state index contributed by atoms with van der Waals surface area (Å²) in [4.78, 5) is 5.03. The molecule has 0 saturated carbocycles. The molecule has 1 unspecified atom stereocenters. The van der Waals surface area contributed by atoms with Crippen molar-refractivity contribution in [2.75, 3.05) is 9.80 Å². The first-order valence-electron chi connectivity index (χ1n) is 41.0. The Morgan fingerprint density at radius 2 is 0.564 bits per heavy atom. The van der Waals surface area contributed by atoms with E-state index >= 15 is 0 Å². The Balaban J connectivity index is 0.691. The van der Waals surface area contributed by atoms with Crippen LogP contribution in [0.1, 0.15) is 94.5 Å². The quantitative estimate of drug-likeness (QED) is 0.115. The Bertz CT molecular complexity index is 7250. The second kappa shape index (κ2) is 26.1. The highest BCUT2D eigenvalue weighted by atomic mass is 16.3. The van der Waals surface area contributed by atoms with Crippen LogP contribution in [0.3, 0.4) is 0 Å². The number of furan rings is 1. The average Bonchev–Trinajstić information content (AvgIpc) is 1.55. The lowest BCUT2D eigenvalue weighted by Crippen LogP contribution is -2.29. The molecule has 0 amide bonds. The van der Waals surface area contributed by atoms with Gasteiger partial charge < -0.3 is 14.2 Å². The van der Waals surface area contributed by atoms with Crippen molar-refractivity contribution in [2.24, 2.45) is 0 Å². The van der Waals surface area contributed by atoms with Gasteiger partial charge in [-0.2, -0.15) is 0 Å². The van der Waals surface area contributed by atoms with Gasteiger partial charge in [0.25, 0.3) is 0 Å². The largest absolute Gasteiger partial charge is 0.454 e. The number of hydrogen-bond donors (Lipinski definition) is 0. The van der Waals surface area contributed by atoms with E-state index in [1.165, 1.54) is 128 Å². The first-order chi connectivity index (χ1) is 57.6. The third-order valence-corrected chi connectivity index (χ3v) is 26.6. The van der Waals surface area contributed by atoms with Crippen LogP contribution in [0.4, 0.5) is 34.1 Å². The smallest absolute Gasteiger partial charge is 0.159 e. The van der Waals surface area contributed by atoms with Gasteiger partial charge in [-0.25, -0.2) is 0 Å². The van der Waals surface area contributed by atoms with Gasteiger partial charge in [-0.1, -0.05) is 367 Å². The number of benzene rings is 18. The Morgan fingerprint density at radius 3 is 1.12 bits per heavy atom. The Labute approximate surface area is 683 Å². The van der Waals surface area contributed by atoms with Crippen LogP contribution >= 0.6 is 0 Å². The van der Waals surface area contributed by atoms with Gasteiger partial charge in [0.1, 0.15) is 5.58 Å². The molecule has 0 aliphatic heterocycles. The van der Waals surface area contributed by atoms with E-state index in [-0.39, 0.29) is 10.8 Å². The molecule has 0 spiro atoms. The maximum Gasteiger partial charge on any atom is 0.159 e. The van der Waals surface area contributed by atoms with Crippen LogP contribution in [0, 0.1) is 0 Å². The molecule has 0 fully saturated rings. The van der Waals surface area contributed by atoms with Crippen LogP contribution in [0.5, 0.6) is 0 Å². The normalized spacial score (nSPS) is 15.1. The van der Waals surface area contributed by atoms with Crippen LogP contribution < -0.4 is 9.80 Å². The van der Waals surface area contributed by atoms with Gasteiger partial charge in [-0.3, -0.25) is 0 Å². The maximum atomic E-state index is 7.12. The Morgan fingerprint density at radius 1 is 0.214 bits per heavy atom. The van der Waals surface area contributed by atoms with Crippen molar-refractivity contribution >= 4 is 66.8 Å². The summed E-state index contributed by atoms with van der Waals surface area (Å²) in [6.45, 7) is 9.59. The highest BCUT2D eigenvalue weighted by molar-refractivity contribution is 6.11. The molecule has 0 saturated heterocycles. The predicted molar refractivity (Wildman–Crippen MR) is 487 cm³/mol. The van der Waals surface area contributed by atoms with Gasteiger partial charge >= 0.3 is 0 Å². The average molecular weight is 1490 g/mol. The summed E-state index contributed by atoms with van der Waals surface area (Å²) < 4.78 is 7.12. The SMILES string of the molecule is CC1(C)c2ccccc2-c2cccc(-c3ccccc3N(c3ccc4c(c3)C(c3ccccc3)(c3ccccc3)c3ccccc3-4)c3ccc4cc(-c5cccc(C6(c7ccccc7)c7ccccc7-c7ccc(N(c8ccccc8-c8cccc9c8C(C)(C)c8ccccc8-9)c8cccc9c8oc8ccccc89)cc76)c5)ccc4c3)c21. The lowest BCUT2D eigenvalue weighted by Gasteiger charge is -2.35. The first kappa shape index (κ1) is 68.2. The molecule has 23 rings (SSSR count). The second-order valence-corrected chi connectivity index (χ2v) is 33.2. The van der Waals surface area contributed by atoms with Crippen LogP contribution in [0.15, 0.2) is 417 Å². The van der Waals surface area contributed by atoms with Gasteiger partial charge in [-0.15, -0.1) is 0 Å². The minimum atomic E-state index is -0.765.